The zero-order valence-electron chi connectivity index (χ0n) is 14.5. The summed E-state index contributed by atoms with van der Waals surface area (Å²) in [5, 5.41) is 15.4. The van der Waals surface area contributed by atoms with E-state index in [1.54, 1.807) is 36.7 Å². The molecule has 0 radical (unpaired) electrons. The second-order valence-corrected chi connectivity index (χ2v) is 6.30. The highest BCUT2D eigenvalue weighted by Crippen LogP contribution is 2.17. The molecule has 1 amide bonds. The lowest BCUT2D eigenvalue weighted by Crippen LogP contribution is -2.20. The molecule has 2 aromatic carbocycles. The summed E-state index contributed by atoms with van der Waals surface area (Å²) in [5.74, 6) is 0.695. The van der Waals surface area contributed by atoms with Crippen LogP contribution in [0.5, 0.6) is 0 Å². The monoisotopic (exact) mass is 391 g/mol. The lowest BCUT2D eigenvalue weighted by atomic mass is 10.2. The first-order valence-electron chi connectivity index (χ1n) is 8.38. The number of nitrogens with zero attached hydrogens (tertiary/aromatic N) is 6. The summed E-state index contributed by atoms with van der Waals surface area (Å²) >= 11 is 5.87. The highest BCUT2D eigenvalue weighted by molar-refractivity contribution is 6.30. The van der Waals surface area contributed by atoms with Gasteiger partial charge in [-0.3, -0.25) is 4.79 Å². The average Bonchev–Trinajstić information content (AvgIpc) is 3.18. The van der Waals surface area contributed by atoms with Gasteiger partial charge in [0.2, 0.25) is 11.7 Å². The fourth-order valence-electron chi connectivity index (χ4n) is 2.48. The summed E-state index contributed by atoms with van der Waals surface area (Å²) in [6, 6.07) is 16.6. The van der Waals surface area contributed by atoms with E-state index in [0.29, 0.717) is 22.4 Å². The van der Waals surface area contributed by atoms with Crippen molar-refractivity contribution in [1.29, 1.82) is 0 Å². The van der Waals surface area contributed by atoms with Gasteiger partial charge in [0, 0.05) is 16.1 Å². The van der Waals surface area contributed by atoms with Gasteiger partial charge in [0.05, 0.1) is 18.1 Å². The van der Waals surface area contributed by atoms with Crippen molar-refractivity contribution in [1.82, 2.24) is 30.2 Å². The molecule has 8 nitrogen and oxygen atoms in total. The highest BCUT2D eigenvalue weighted by Gasteiger charge is 2.10. The smallest absolute Gasteiger partial charge is 0.248 e. The van der Waals surface area contributed by atoms with Crippen LogP contribution in [0.2, 0.25) is 5.02 Å². The molecular weight excluding hydrogens is 378 g/mol. The lowest BCUT2D eigenvalue weighted by molar-refractivity contribution is -0.117. The minimum absolute atomic E-state index is 0.0823. The largest absolute Gasteiger partial charge is 0.322 e. The molecule has 0 aliphatic carbocycles. The van der Waals surface area contributed by atoms with Crippen molar-refractivity contribution in [3.05, 3.63) is 72.0 Å². The van der Waals surface area contributed by atoms with Crippen LogP contribution in [-0.4, -0.2) is 36.1 Å². The SMILES string of the molecule is O=C(Cn1nnc(-c2ccc(Cl)cc2)n1)Nc1cnc(-c2ccccc2)nc1. The van der Waals surface area contributed by atoms with Gasteiger partial charge in [-0.25, -0.2) is 9.97 Å². The number of hydrogen-bond donors (Lipinski definition) is 1. The Morgan fingerprint density at radius 2 is 1.61 bits per heavy atom. The Balaban J connectivity index is 1.39. The van der Waals surface area contributed by atoms with E-state index in [-0.39, 0.29) is 12.5 Å². The molecule has 138 valence electrons. The number of rotatable bonds is 5. The number of hydrogen-bond acceptors (Lipinski definition) is 6. The molecule has 4 aromatic rings. The van der Waals surface area contributed by atoms with E-state index >= 15 is 0 Å². The lowest BCUT2D eigenvalue weighted by Gasteiger charge is -2.05. The summed E-state index contributed by atoms with van der Waals surface area (Å²) in [6.45, 7) is -0.0823. The maximum absolute atomic E-state index is 12.2. The van der Waals surface area contributed by atoms with Crippen molar-refractivity contribution >= 4 is 23.2 Å². The number of carbonyl (C=O) groups excluding carboxylic acids is 1. The third-order valence-corrected chi connectivity index (χ3v) is 4.06. The summed E-state index contributed by atoms with van der Waals surface area (Å²) in [7, 11) is 0. The van der Waals surface area contributed by atoms with Gasteiger partial charge in [0.1, 0.15) is 6.54 Å². The fourth-order valence-corrected chi connectivity index (χ4v) is 2.61. The first-order chi connectivity index (χ1) is 13.7. The molecule has 0 fully saturated rings. The molecule has 0 saturated carbocycles. The minimum atomic E-state index is -0.309. The first kappa shape index (κ1) is 17.7. The van der Waals surface area contributed by atoms with E-state index < -0.39 is 0 Å². The van der Waals surface area contributed by atoms with E-state index in [0.717, 1.165) is 11.1 Å². The molecule has 2 aromatic heterocycles. The van der Waals surface area contributed by atoms with Crippen LogP contribution in [-0.2, 0) is 11.3 Å². The number of benzene rings is 2. The van der Waals surface area contributed by atoms with Crippen LogP contribution in [0.25, 0.3) is 22.8 Å². The Bertz CT molecular complexity index is 1080. The van der Waals surface area contributed by atoms with Crippen molar-refractivity contribution < 1.29 is 4.79 Å². The Morgan fingerprint density at radius 3 is 2.32 bits per heavy atom. The van der Waals surface area contributed by atoms with Gasteiger partial charge in [-0.15, -0.1) is 10.2 Å². The molecule has 0 aliphatic rings. The summed E-state index contributed by atoms with van der Waals surface area (Å²) < 4.78 is 0. The second-order valence-electron chi connectivity index (χ2n) is 5.86. The van der Waals surface area contributed by atoms with Gasteiger partial charge in [-0.2, -0.15) is 4.80 Å². The van der Waals surface area contributed by atoms with Crippen LogP contribution in [0.1, 0.15) is 0 Å². The molecule has 0 saturated heterocycles. The fraction of sp³-hybridized carbons (Fsp3) is 0.0526. The van der Waals surface area contributed by atoms with Crippen LogP contribution < -0.4 is 5.32 Å². The van der Waals surface area contributed by atoms with Gasteiger partial charge in [-0.1, -0.05) is 41.9 Å². The zero-order valence-corrected chi connectivity index (χ0v) is 15.3. The molecule has 9 heteroatoms. The summed E-state index contributed by atoms with van der Waals surface area (Å²) in [5.41, 5.74) is 2.16. The molecule has 0 atom stereocenters. The van der Waals surface area contributed by atoms with E-state index in [9.17, 15) is 4.79 Å². The second kappa shape index (κ2) is 7.93. The Labute approximate surface area is 165 Å². The van der Waals surface area contributed by atoms with Crippen LogP contribution in [0.3, 0.4) is 0 Å². The Hall–Kier alpha value is -3.65. The molecule has 0 aliphatic heterocycles. The third kappa shape index (κ3) is 4.18. The van der Waals surface area contributed by atoms with Gasteiger partial charge in [0.25, 0.3) is 0 Å². The molecule has 2 heterocycles. The van der Waals surface area contributed by atoms with Crippen LogP contribution in [0.4, 0.5) is 5.69 Å². The Morgan fingerprint density at radius 1 is 0.929 bits per heavy atom. The number of tetrazole rings is 1. The van der Waals surface area contributed by atoms with Gasteiger partial charge < -0.3 is 5.32 Å². The topological polar surface area (TPSA) is 98.5 Å². The highest BCUT2D eigenvalue weighted by atomic mass is 35.5. The molecule has 0 unspecified atom stereocenters. The average molecular weight is 392 g/mol. The number of anilines is 1. The molecular formula is C19H14ClN7O. The van der Waals surface area contributed by atoms with Crippen LogP contribution in [0.15, 0.2) is 67.0 Å². The standard InChI is InChI=1S/C19H14ClN7O/c20-15-8-6-14(7-9-15)19-24-26-27(25-19)12-17(28)23-16-10-21-18(22-11-16)13-4-2-1-3-5-13/h1-11H,12H2,(H,23,28). The van der Waals surface area contributed by atoms with E-state index in [4.69, 9.17) is 11.6 Å². The predicted octanol–water partition coefficient (Wildman–Crippen LogP) is 3.09. The first-order valence-corrected chi connectivity index (χ1v) is 8.76. The third-order valence-electron chi connectivity index (χ3n) is 3.81. The van der Waals surface area contributed by atoms with Crippen molar-refractivity contribution in [2.24, 2.45) is 0 Å². The zero-order chi connectivity index (χ0) is 19.3. The molecule has 1 N–H and O–H groups in total. The van der Waals surface area contributed by atoms with Crippen molar-refractivity contribution in [3.63, 3.8) is 0 Å². The van der Waals surface area contributed by atoms with E-state index in [1.807, 2.05) is 30.3 Å². The molecule has 0 spiro atoms. The number of aromatic nitrogens is 6. The summed E-state index contributed by atoms with van der Waals surface area (Å²) in [4.78, 5) is 22.0. The van der Waals surface area contributed by atoms with Crippen LogP contribution >= 0.6 is 11.6 Å². The van der Waals surface area contributed by atoms with Crippen LogP contribution in [0, 0.1) is 0 Å². The number of amides is 1. The minimum Gasteiger partial charge on any atom is -0.322 e. The molecule has 4 rings (SSSR count). The van der Waals surface area contributed by atoms with E-state index in [2.05, 4.69) is 30.7 Å². The molecule has 28 heavy (non-hydrogen) atoms. The van der Waals surface area contributed by atoms with Crippen molar-refractivity contribution in [2.75, 3.05) is 5.32 Å². The number of nitrogens with one attached hydrogen (secondary N) is 1. The number of halogens is 1. The van der Waals surface area contributed by atoms with Crippen molar-refractivity contribution in [2.45, 2.75) is 6.54 Å². The van der Waals surface area contributed by atoms with Gasteiger partial charge >= 0.3 is 0 Å². The van der Waals surface area contributed by atoms with Crippen molar-refractivity contribution in [3.8, 4) is 22.8 Å². The summed E-state index contributed by atoms with van der Waals surface area (Å²) in [6.07, 6.45) is 3.11. The van der Waals surface area contributed by atoms with Gasteiger partial charge in [0.15, 0.2) is 5.82 Å². The number of carbonyl (C=O) groups is 1. The maximum atomic E-state index is 12.2. The Kier molecular flexibility index (Phi) is 5.03. The van der Waals surface area contributed by atoms with Gasteiger partial charge in [-0.05, 0) is 29.5 Å². The predicted molar refractivity (Wildman–Crippen MR) is 104 cm³/mol. The normalized spacial score (nSPS) is 10.6. The maximum Gasteiger partial charge on any atom is 0.248 e. The molecule has 0 bridgehead atoms. The quantitative estimate of drug-likeness (QED) is 0.561. The van der Waals surface area contributed by atoms with E-state index in [1.165, 1.54) is 4.80 Å².